The van der Waals surface area contributed by atoms with Crippen LogP contribution in [0.15, 0.2) is 23.8 Å². The highest BCUT2D eigenvalue weighted by molar-refractivity contribution is 7.80. The Kier molecular flexibility index (Phi) is 3.08. The van der Waals surface area contributed by atoms with Crippen molar-refractivity contribution >= 4 is 28.5 Å². The number of thiophene rings is 1. The number of rotatable bonds is 4. The molecule has 0 atom stereocenters. The fraction of sp³-hybridized carbons (Fsp3) is 0.222. The van der Waals surface area contributed by atoms with E-state index in [0.29, 0.717) is 5.82 Å². The summed E-state index contributed by atoms with van der Waals surface area (Å²) in [4.78, 5) is 5.58. The van der Waals surface area contributed by atoms with Crippen molar-refractivity contribution in [3.63, 3.8) is 0 Å². The number of aromatic nitrogens is 3. The Morgan fingerprint density at radius 2 is 2.47 bits per heavy atom. The summed E-state index contributed by atoms with van der Waals surface area (Å²) < 4.78 is 1.76. The fourth-order valence-electron chi connectivity index (χ4n) is 1.19. The Labute approximate surface area is 96.7 Å². The Morgan fingerprint density at radius 3 is 3.07 bits per heavy atom. The van der Waals surface area contributed by atoms with Crippen LogP contribution >= 0.6 is 23.6 Å². The monoisotopic (exact) mass is 238 g/mol. The van der Waals surface area contributed by atoms with Crippen LogP contribution in [0.1, 0.15) is 10.7 Å². The highest BCUT2D eigenvalue weighted by atomic mass is 32.1. The Bertz CT molecular complexity index is 446. The maximum absolute atomic E-state index is 5.41. The molecular formula is C9H10N4S2. The van der Waals surface area contributed by atoms with Gasteiger partial charge in [0.05, 0.1) is 0 Å². The van der Waals surface area contributed by atoms with Crippen molar-refractivity contribution < 1.29 is 0 Å². The summed E-state index contributed by atoms with van der Waals surface area (Å²) >= 11 is 6.52. The third kappa shape index (κ3) is 2.60. The first-order valence-corrected chi connectivity index (χ1v) is 5.76. The molecule has 0 aromatic carbocycles. The first kappa shape index (κ1) is 10.3. The maximum Gasteiger partial charge on any atom is 0.208 e. The van der Waals surface area contributed by atoms with E-state index < -0.39 is 0 Å². The number of aryl methyl sites for hydroxylation is 2. The molecule has 0 saturated heterocycles. The van der Waals surface area contributed by atoms with E-state index in [2.05, 4.69) is 21.5 Å². The largest absolute Gasteiger partial charge is 0.387 e. The van der Waals surface area contributed by atoms with Crippen molar-refractivity contribution in [3.8, 4) is 0 Å². The summed E-state index contributed by atoms with van der Waals surface area (Å²) in [6.45, 7) is 0.802. The standard InChI is InChI=1S/C9H10N4S2/c10-8(14)9-11-6-13(12-9)4-3-7-2-1-5-15-7/h1-2,5-6H,3-4H2,(H2,10,14). The lowest BCUT2D eigenvalue weighted by atomic mass is 10.3. The third-order valence-electron chi connectivity index (χ3n) is 1.92. The topological polar surface area (TPSA) is 56.7 Å². The van der Waals surface area contributed by atoms with Gasteiger partial charge in [0.25, 0.3) is 0 Å². The second-order valence-corrected chi connectivity index (χ2v) is 4.50. The van der Waals surface area contributed by atoms with E-state index in [0.717, 1.165) is 13.0 Å². The molecule has 0 aliphatic heterocycles. The van der Waals surface area contributed by atoms with Gasteiger partial charge in [0.1, 0.15) is 11.3 Å². The number of nitrogens with zero attached hydrogens (tertiary/aromatic N) is 3. The number of nitrogens with two attached hydrogens (primary N) is 1. The molecule has 2 aromatic rings. The van der Waals surface area contributed by atoms with Crippen molar-refractivity contribution in [1.29, 1.82) is 0 Å². The van der Waals surface area contributed by atoms with Crippen molar-refractivity contribution in [2.45, 2.75) is 13.0 Å². The number of hydrogen-bond acceptors (Lipinski definition) is 4. The average Bonchev–Trinajstić information content (AvgIpc) is 2.86. The third-order valence-corrected chi connectivity index (χ3v) is 3.04. The van der Waals surface area contributed by atoms with Crippen molar-refractivity contribution in [2.24, 2.45) is 5.73 Å². The number of hydrogen-bond donors (Lipinski definition) is 1. The average molecular weight is 238 g/mol. The SMILES string of the molecule is NC(=S)c1ncn(CCc2cccs2)n1. The van der Waals surface area contributed by atoms with E-state index in [9.17, 15) is 0 Å². The van der Waals surface area contributed by atoms with Gasteiger partial charge in [0, 0.05) is 17.8 Å². The molecule has 2 heterocycles. The van der Waals surface area contributed by atoms with Crippen LogP contribution in [0.3, 0.4) is 0 Å². The summed E-state index contributed by atoms with van der Waals surface area (Å²) in [6, 6.07) is 4.15. The molecule has 0 amide bonds. The molecule has 0 unspecified atom stereocenters. The lowest BCUT2D eigenvalue weighted by Gasteiger charge is -1.97. The second-order valence-electron chi connectivity index (χ2n) is 3.02. The molecule has 4 nitrogen and oxygen atoms in total. The van der Waals surface area contributed by atoms with E-state index in [1.165, 1.54) is 4.88 Å². The quantitative estimate of drug-likeness (QED) is 0.814. The predicted octanol–water partition coefficient (Wildman–Crippen LogP) is 1.22. The van der Waals surface area contributed by atoms with Crippen LogP contribution in [-0.2, 0) is 13.0 Å². The van der Waals surface area contributed by atoms with E-state index in [4.69, 9.17) is 18.0 Å². The molecule has 2 rings (SSSR count). The van der Waals surface area contributed by atoms with Crippen molar-refractivity contribution in [2.75, 3.05) is 0 Å². The van der Waals surface area contributed by atoms with Gasteiger partial charge >= 0.3 is 0 Å². The lowest BCUT2D eigenvalue weighted by molar-refractivity contribution is 0.616. The van der Waals surface area contributed by atoms with Gasteiger partial charge in [-0.05, 0) is 11.4 Å². The van der Waals surface area contributed by atoms with Gasteiger partial charge in [-0.2, -0.15) is 0 Å². The van der Waals surface area contributed by atoms with Gasteiger partial charge in [0.15, 0.2) is 0 Å². The van der Waals surface area contributed by atoms with Crippen LogP contribution < -0.4 is 5.73 Å². The molecule has 0 aliphatic carbocycles. The first-order chi connectivity index (χ1) is 7.25. The smallest absolute Gasteiger partial charge is 0.208 e. The van der Waals surface area contributed by atoms with E-state index in [1.54, 1.807) is 22.3 Å². The van der Waals surface area contributed by atoms with Gasteiger partial charge in [-0.25, -0.2) is 4.98 Å². The minimum absolute atomic E-state index is 0.241. The van der Waals surface area contributed by atoms with Crippen molar-refractivity contribution in [1.82, 2.24) is 14.8 Å². The summed E-state index contributed by atoms with van der Waals surface area (Å²) in [5.74, 6) is 0.441. The zero-order valence-electron chi connectivity index (χ0n) is 7.96. The second kappa shape index (κ2) is 4.50. The van der Waals surface area contributed by atoms with Crippen LogP contribution in [0.5, 0.6) is 0 Å². The van der Waals surface area contributed by atoms with E-state index in [-0.39, 0.29) is 4.99 Å². The maximum atomic E-state index is 5.41. The minimum Gasteiger partial charge on any atom is -0.387 e. The van der Waals surface area contributed by atoms with Crippen LogP contribution in [-0.4, -0.2) is 19.8 Å². The fourth-order valence-corrected chi connectivity index (χ4v) is 1.99. The Balaban J connectivity index is 1.96. The zero-order valence-corrected chi connectivity index (χ0v) is 9.59. The van der Waals surface area contributed by atoms with Gasteiger partial charge in [-0.3, -0.25) is 4.68 Å². The van der Waals surface area contributed by atoms with Gasteiger partial charge in [0.2, 0.25) is 5.82 Å². The first-order valence-electron chi connectivity index (χ1n) is 4.47. The van der Waals surface area contributed by atoms with Crippen molar-refractivity contribution in [3.05, 3.63) is 34.5 Å². The van der Waals surface area contributed by atoms with Crippen LogP contribution in [0.25, 0.3) is 0 Å². The van der Waals surface area contributed by atoms with Crippen LogP contribution in [0.4, 0.5) is 0 Å². The molecule has 0 fully saturated rings. The van der Waals surface area contributed by atoms with Crippen LogP contribution in [0.2, 0.25) is 0 Å². The lowest BCUT2D eigenvalue weighted by Crippen LogP contribution is -2.12. The van der Waals surface area contributed by atoms with Crippen LogP contribution in [0, 0.1) is 0 Å². The van der Waals surface area contributed by atoms with Gasteiger partial charge < -0.3 is 5.73 Å². The molecular weight excluding hydrogens is 228 g/mol. The molecule has 6 heteroatoms. The zero-order chi connectivity index (χ0) is 10.7. The molecule has 78 valence electrons. The number of thiocarbonyl (C=S) groups is 1. The Morgan fingerprint density at radius 1 is 1.60 bits per heavy atom. The summed E-state index contributed by atoms with van der Waals surface area (Å²) in [6.07, 6.45) is 2.61. The predicted molar refractivity (Wildman–Crippen MR) is 63.9 cm³/mol. The molecule has 0 spiro atoms. The van der Waals surface area contributed by atoms with Gasteiger partial charge in [-0.1, -0.05) is 18.3 Å². The highest BCUT2D eigenvalue weighted by Gasteiger charge is 2.03. The summed E-state index contributed by atoms with van der Waals surface area (Å²) in [5.41, 5.74) is 5.41. The summed E-state index contributed by atoms with van der Waals surface area (Å²) in [5, 5.41) is 6.22. The molecule has 2 aromatic heterocycles. The molecule has 2 N–H and O–H groups in total. The molecule has 0 radical (unpaired) electrons. The Hall–Kier alpha value is -1.27. The normalized spacial score (nSPS) is 10.4. The molecule has 15 heavy (non-hydrogen) atoms. The minimum atomic E-state index is 0.241. The molecule has 0 aliphatic rings. The van der Waals surface area contributed by atoms with Gasteiger partial charge in [-0.15, -0.1) is 16.4 Å². The van der Waals surface area contributed by atoms with E-state index in [1.807, 2.05) is 6.07 Å². The molecule has 0 saturated carbocycles. The van der Waals surface area contributed by atoms with E-state index >= 15 is 0 Å². The molecule has 0 bridgehead atoms. The summed E-state index contributed by atoms with van der Waals surface area (Å²) in [7, 11) is 0. The highest BCUT2D eigenvalue weighted by Crippen LogP contribution is 2.09.